The number of hydrogen-bond acceptors (Lipinski definition) is 3. The number of nitrogens with zero attached hydrogens (tertiary/aromatic N) is 4. The highest BCUT2D eigenvalue weighted by Crippen LogP contribution is 2.18. The largest absolute Gasteiger partial charge is 0.351 e. The zero-order valence-corrected chi connectivity index (χ0v) is 14.5. The second-order valence-electron chi connectivity index (χ2n) is 6.38. The van der Waals surface area contributed by atoms with Gasteiger partial charge in [0.1, 0.15) is 5.82 Å². The third-order valence-electron chi connectivity index (χ3n) is 4.48. The van der Waals surface area contributed by atoms with Crippen LogP contribution < -0.4 is 5.69 Å². The van der Waals surface area contributed by atoms with Gasteiger partial charge >= 0.3 is 5.69 Å². The Morgan fingerprint density at radius 3 is 2.77 bits per heavy atom. The van der Waals surface area contributed by atoms with E-state index in [9.17, 15) is 9.18 Å². The molecule has 0 aliphatic rings. The van der Waals surface area contributed by atoms with E-state index in [2.05, 4.69) is 17.0 Å². The molecule has 0 atom stereocenters. The van der Waals surface area contributed by atoms with Gasteiger partial charge in [-0.05, 0) is 36.2 Å². The second-order valence-corrected chi connectivity index (χ2v) is 6.38. The summed E-state index contributed by atoms with van der Waals surface area (Å²) in [6.07, 6.45) is 2.77. The molecule has 6 heteroatoms. The number of rotatable bonds is 5. The maximum atomic E-state index is 13.5. The lowest BCUT2D eigenvalue weighted by atomic mass is 10.2. The van der Waals surface area contributed by atoms with Gasteiger partial charge in [-0.1, -0.05) is 37.6 Å². The Bertz CT molecular complexity index is 1150. The topological polar surface area (TPSA) is 52.2 Å². The molecule has 0 N–H and O–H groups in total. The number of aromatic nitrogens is 4. The quantitative estimate of drug-likeness (QED) is 0.553. The Morgan fingerprint density at radius 2 is 1.96 bits per heavy atom. The van der Waals surface area contributed by atoms with Gasteiger partial charge in [0.2, 0.25) is 0 Å². The van der Waals surface area contributed by atoms with Crippen LogP contribution in [0, 0.1) is 5.82 Å². The van der Waals surface area contributed by atoms with Gasteiger partial charge < -0.3 is 0 Å². The Hall–Kier alpha value is -3.02. The molecule has 0 fully saturated rings. The van der Waals surface area contributed by atoms with Crippen LogP contribution in [0.5, 0.6) is 0 Å². The van der Waals surface area contributed by atoms with Gasteiger partial charge in [-0.15, -0.1) is 5.10 Å². The van der Waals surface area contributed by atoms with Gasteiger partial charge in [-0.25, -0.2) is 14.2 Å². The van der Waals surface area contributed by atoms with Crippen molar-refractivity contribution in [3.63, 3.8) is 0 Å². The first-order valence-electron chi connectivity index (χ1n) is 8.79. The summed E-state index contributed by atoms with van der Waals surface area (Å²) in [4.78, 5) is 17.6. The third kappa shape index (κ3) is 2.87. The lowest BCUT2D eigenvalue weighted by Crippen LogP contribution is -2.28. The molecule has 4 aromatic rings. The minimum Gasteiger partial charge on any atom is -0.287 e. The van der Waals surface area contributed by atoms with Gasteiger partial charge in [-0.2, -0.15) is 4.52 Å². The molecule has 5 nitrogen and oxygen atoms in total. The van der Waals surface area contributed by atoms with E-state index in [4.69, 9.17) is 0 Å². The molecule has 0 radical (unpaired) electrons. The number of hydrogen-bond donors (Lipinski definition) is 0. The average Bonchev–Trinajstić information content (AvgIpc) is 3.08. The zero-order chi connectivity index (χ0) is 18.1. The highest BCUT2D eigenvalue weighted by molar-refractivity contribution is 5.91. The molecule has 0 aliphatic heterocycles. The molecular formula is C20H19FN4O. The van der Waals surface area contributed by atoms with Crippen molar-refractivity contribution in [1.82, 2.24) is 19.2 Å². The summed E-state index contributed by atoms with van der Waals surface area (Å²) in [5.41, 5.74) is 1.80. The summed E-state index contributed by atoms with van der Waals surface area (Å²) in [6.45, 7) is 2.38. The predicted molar refractivity (Wildman–Crippen MR) is 98.9 cm³/mol. The van der Waals surface area contributed by atoms with E-state index >= 15 is 0 Å². The van der Waals surface area contributed by atoms with Crippen molar-refractivity contribution in [1.29, 1.82) is 0 Å². The number of aryl methyl sites for hydroxylation is 1. The van der Waals surface area contributed by atoms with Crippen molar-refractivity contribution in [2.45, 2.75) is 32.7 Å². The summed E-state index contributed by atoms with van der Waals surface area (Å²) in [5.74, 6) is 0.362. The Kier molecular flexibility index (Phi) is 4.24. The molecular weight excluding hydrogens is 331 g/mol. The summed E-state index contributed by atoms with van der Waals surface area (Å²) < 4.78 is 16.5. The number of unbranched alkanes of at least 4 members (excludes halogenated alkanes) is 1. The SMILES string of the molecule is CCCCc1nc2c3ccccc3n(Cc3cccc(F)c3)c(=O)n2n1. The summed E-state index contributed by atoms with van der Waals surface area (Å²) in [7, 11) is 0. The van der Waals surface area contributed by atoms with Gasteiger partial charge in [-0.3, -0.25) is 4.57 Å². The lowest BCUT2D eigenvalue weighted by molar-refractivity contribution is 0.622. The Morgan fingerprint density at radius 1 is 1.12 bits per heavy atom. The van der Waals surface area contributed by atoms with Crippen LogP contribution in [0.3, 0.4) is 0 Å². The number of benzene rings is 2. The standard InChI is InChI=1S/C20H19FN4O/c1-2-3-11-18-22-19-16-9-4-5-10-17(16)24(20(26)25(19)23-18)13-14-7-6-8-15(21)12-14/h4-10,12H,2-3,11,13H2,1H3. The predicted octanol–water partition coefficient (Wildman–Crippen LogP) is 3.57. The minimum absolute atomic E-state index is 0.266. The maximum absolute atomic E-state index is 13.5. The van der Waals surface area contributed by atoms with Gasteiger partial charge in [0.05, 0.1) is 12.1 Å². The smallest absolute Gasteiger partial charge is 0.287 e. The van der Waals surface area contributed by atoms with E-state index in [1.807, 2.05) is 30.3 Å². The van der Waals surface area contributed by atoms with Gasteiger partial charge in [0.15, 0.2) is 11.5 Å². The Labute approximate surface area is 149 Å². The molecule has 26 heavy (non-hydrogen) atoms. The van der Waals surface area contributed by atoms with Crippen molar-refractivity contribution >= 4 is 16.6 Å². The molecule has 2 aromatic carbocycles. The molecule has 2 aromatic heterocycles. The molecule has 132 valence electrons. The normalized spacial score (nSPS) is 11.5. The van der Waals surface area contributed by atoms with E-state index in [0.29, 0.717) is 11.5 Å². The van der Waals surface area contributed by atoms with Crippen molar-refractivity contribution in [3.8, 4) is 0 Å². The molecule has 0 unspecified atom stereocenters. The fourth-order valence-corrected chi connectivity index (χ4v) is 3.19. The van der Waals surface area contributed by atoms with Crippen LogP contribution in [0.4, 0.5) is 4.39 Å². The number of fused-ring (bicyclic) bond motifs is 3. The van der Waals surface area contributed by atoms with Crippen LogP contribution in [0.15, 0.2) is 53.3 Å². The van der Waals surface area contributed by atoms with Crippen molar-refractivity contribution in [3.05, 3.63) is 76.2 Å². The van der Waals surface area contributed by atoms with E-state index in [-0.39, 0.29) is 18.1 Å². The molecule has 2 heterocycles. The van der Waals surface area contributed by atoms with Crippen molar-refractivity contribution in [2.24, 2.45) is 0 Å². The number of halogens is 1. The van der Waals surface area contributed by atoms with Crippen LogP contribution in [0.25, 0.3) is 16.6 Å². The molecule has 4 rings (SSSR count). The molecule has 0 bridgehead atoms. The first kappa shape index (κ1) is 16.4. The van der Waals surface area contributed by atoms with Crippen LogP contribution in [-0.2, 0) is 13.0 Å². The minimum atomic E-state index is -0.316. The molecule has 0 saturated carbocycles. The monoisotopic (exact) mass is 350 g/mol. The van der Waals surface area contributed by atoms with Crippen molar-refractivity contribution < 1.29 is 4.39 Å². The lowest BCUT2D eigenvalue weighted by Gasteiger charge is -2.11. The highest BCUT2D eigenvalue weighted by atomic mass is 19.1. The van der Waals surface area contributed by atoms with Crippen LogP contribution in [0.2, 0.25) is 0 Å². The van der Waals surface area contributed by atoms with E-state index in [0.717, 1.165) is 35.7 Å². The van der Waals surface area contributed by atoms with E-state index in [1.165, 1.54) is 16.6 Å². The van der Waals surface area contributed by atoms with E-state index in [1.54, 1.807) is 10.6 Å². The average molecular weight is 350 g/mol. The molecule has 0 amide bonds. The first-order chi connectivity index (χ1) is 12.7. The molecule has 0 saturated heterocycles. The summed E-state index contributed by atoms with van der Waals surface area (Å²) in [5, 5.41) is 5.28. The molecule has 0 aliphatic carbocycles. The van der Waals surface area contributed by atoms with E-state index < -0.39 is 0 Å². The van der Waals surface area contributed by atoms with Crippen LogP contribution in [-0.4, -0.2) is 19.2 Å². The van der Waals surface area contributed by atoms with Crippen LogP contribution in [0.1, 0.15) is 31.2 Å². The summed E-state index contributed by atoms with van der Waals surface area (Å²) >= 11 is 0. The second kappa shape index (κ2) is 6.71. The highest BCUT2D eigenvalue weighted by Gasteiger charge is 2.15. The van der Waals surface area contributed by atoms with Gasteiger partial charge in [0.25, 0.3) is 0 Å². The summed E-state index contributed by atoms with van der Waals surface area (Å²) in [6, 6.07) is 13.9. The number of para-hydroxylation sites is 1. The first-order valence-corrected chi connectivity index (χ1v) is 8.79. The Balaban J connectivity index is 1.93. The van der Waals surface area contributed by atoms with Crippen LogP contribution >= 0.6 is 0 Å². The fraction of sp³-hybridized carbons (Fsp3) is 0.250. The van der Waals surface area contributed by atoms with Gasteiger partial charge in [0, 0.05) is 11.8 Å². The fourth-order valence-electron chi connectivity index (χ4n) is 3.19. The van der Waals surface area contributed by atoms with Crippen molar-refractivity contribution in [2.75, 3.05) is 0 Å². The molecule has 0 spiro atoms. The third-order valence-corrected chi connectivity index (χ3v) is 4.48. The zero-order valence-electron chi connectivity index (χ0n) is 14.5. The maximum Gasteiger partial charge on any atom is 0.351 e.